The number of rotatable bonds is 5. The number of likely N-dealkylation sites (N-methyl/N-ethyl adjacent to an activating group) is 1. The fourth-order valence-corrected chi connectivity index (χ4v) is 3.50. The molecule has 0 radical (unpaired) electrons. The standard InChI is InChI=1S/C18H23N3O2S/c1-14(11-15-4-10-24-13-15)20(2)18(22)17-12-16(3-5-19-17)21-6-8-23-9-7-21/h3-5,10,12-14H,6-9,11H2,1-2H3/t14-/m0/s1. The zero-order valence-electron chi connectivity index (χ0n) is 14.1. The van der Waals surface area contributed by atoms with Crippen LogP contribution in [0, 0.1) is 0 Å². The third-order valence-electron chi connectivity index (χ3n) is 4.43. The average Bonchev–Trinajstić information content (AvgIpc) is 3.14. The molecule has 2 aromatic heterocycles. The second-order valence-electron chi connectivity index (χ2n) is 6.10. The Morgan fingerprint density at radius 3 is 2.92 bits per heavy atom. The van der Waals surface area contributed by atoms with Crippen LogP contribution in [-0.2, 0) is 11.2 Å². The number of anilines is 1. The van der Waals surface area contributed by atoms with Gasteiger partial charge in [-0.05, 0) is 47.9 Å². The summed E-state index contributed by atoms with van der Waals surface area (Å²) in [6.07, 6.45) is 2.57. The Labute approximate surface area is 146 Å². The lowest BCUT2D eigenvalue weighted by atomic mass is 10.1. The van der Waals surface area contributed by atoms with E-state index in [1.165, 1.54) is 5.56 Å². The summed E-state index contributed by atoms with van der Waals surface area (Å²) in [5, 5.41) is 4.20. The minimum Gasteiger partial charge on any atom is -0.378 e. The minimum atomic E-state index is -0.0344. The maximum atomic E-state index is 12.8. The van der Waals surface area contributed by atoms with Gasteiger partial charge in [0, 0.05) is 38.1 Å². The summed E-state index contributed by atoms with van der Waals surface area (Å²) in [7, 11) is 1.85. The molecule has 0 bridgehead atoms. The molecule has 1 saturated heterocycles. The normalized spacial score (nSPS) is 16.0. The van der Waals surface area contributed by atoms with Crippen LogP contribution in [0.1, 0.15) is 23.0 Å². The summed E-state index contributed by atoms with van der Waals surface area (Å²) in [5.41, 5.74) is 2.80. The van der Waals surface area contributed by atoms with Gasteiger partial charge >= 0.3 is 0 Å². The number of pyridine rings is 1. The fourth-order valence-electron chi connectivity index (χ4n) is 2.82. The zero-order valence-corrected chi connectivity index (χ0v) is 15.0. The van der Waals surface area contributed by atoms with Crippen molar-refractivity contribution < 1.29 is 9.53 Å². The van der Waals surface area contributed by atoms with E-state index >= 15 is 0 Å². The monoisotopic (exact) mass is 345 g/mol. The van der Waals surface area contributed by atoms with Gasteiger partial charge in [-0.1, -0.05) is 0 Å². The van der Waals surface area contributed by atoms with E-state index in [1.807, 2.05) is 19.2 Å². The zero-order chi connectivity index (χ0) is 16.9. The number of hydrogen-bond acceptors (Lipinski definition) is 5. The molecular weight excluding hydrogens is 322 g/mol. The molecule has 128 valence electrons. The first-order valence-corrected chi connectivity index (χ1v) is 9.16. The van der Waals surface area contributed by atoms with Gasteiger partial charge in [0.1, 0.15) is 5.69 Å². The number of carbonyl (C=O) groups is 1. The predicted molar refractivity (Wildman–Crippen MR) is 96.8 cm³/mol. The Hall–Kier alpha value is -1.92. The Bertz CT molecular complexity index is 669. The molecule has 1 fully saturated rings. The van der Waals surface area contributed by atoms with Crippen LogP contribution in [-0.4, -0.2) is 55.2 Å². The fraction of sp³-hybridized carbons (Fsp3) is 0.444. The van der Waals surface area contributed by atoms with Crippen LogP contribution in [0.3, 0.4) is 0 Å². The Kier molecular flexibility index (Phi) is 5.48. The van der Waals surface area contributed by atoms with Crippen molar-refractivity contribution in [1.29, 1.82) is 0 Å². The van der Waals surface area contributed by atoms with E-state index in [0.717, 1.165) is 38.4 Å². The van der Waals surface area contributed by atoms with Crippen LogP contribution < -0.4 is 4.90 Å². The van der Waals surface area contributed by atoms with Gasteiger partial charge in [-0.15, -0.1) is 0 Å². The van der Waals surface area contributed by atoms with Gasteiger partial charge in [0.2, 0.25) is 0 Å². The van der Waals surface area contributed by atoms with E-state index < -0.39 is 0 Å². The van der Waals surface area contributed by atoms with Crippen LogP contribution in [0.2, 0.25) is 0 Å². The van der Waals surface area contributed by atoms with E-state index in [0.29, 0.717) is 5.69 Å². The smallest absolute Gasteiger partial charge is 0.272 e. The van der Waals surface area contributed by atoms with Crippen LogP contribution in [0.4, 0.5) is 5.69 Å². The molecule has 5 nitrogen and oxygen atoms in total. The molecule has 3 rings (SSSR count). The maximum Gasteiger partial charge on any atom is 0.272 e. The average molecular weight is 345 g/mol. The Morgan fingerprint density at radius 1 is 1.42 bits per heavy atom. The predicted octanol–water partition coefficient (Wildman–Crippen LogP) is 2.68. The second kappa shape index (κ2) is 7.77. The highest BCUT2D eigenvalue weighted by molar-refractivity contribution is 7.07. The molecule has 1 aliphatic rings. The quantitative estimate of drug-likeness (QED) is 0.836. The summed E-state index contributed by atoms with van der Waals surface area (Å²) in [6.45, 7) is 5.22. The third kappa shape index (κ3) is 3.94. The molecule has 0 unspecified atom stereocenters. The van der Waals surface area contributed by atoms with Gasteiger partial charge in [0.05, 0.1) is 13.2 Å². The number of carbonyl (C=O) groups excluding carboxylic acids is 1. The van der Waals surface area contributed by atoms with Crippen LogP contribution in [0.5, 0.6) is 0 Å². The van der Waals surface area contributed by atoms with Gasteiger partial charge in [0.15, 0.2) is 0 Å². The number of amides is 1. The largest absolute Gasteiger partial charge is 0.378 e. The maximum absolute atomic E-state index is 12.8. The molecule has 0 saturated carbocycles. The first-order valence-electron chi connectivity index (χ1n) is 8.22. The van der Waals surface area contributed by atoms with Crippen molar-refractivity contribution in [2.45, 2.75) is 19.4 Å². The lowest BCUT2D eigenvalue weighted by Gasteiger charge is -2.29. The molecule has 1 atom stereocenters. The molecule has 1 aliphatic heterocycles. The van der Waals surface area contributed by atoms with Gasteiger partial charge in [0.25, 0.3) is 5.91 Å². The van der Waals surface area contributed by atoms with Crippen LogP contribution in [0.15, 0.2) is 35.2 Å². The first-order chi connectivity index (χ1) is 11.6. The van der Waals surface area contributed by atoms with Gasteiger partial charge < -0.3 is 14.5 Å². The lowest BCUT2D eigenvalue weighted by Crippen LogP contribution is -2.38. The molecule has 24 heavy (non-hydrogen) atoms. The van der Waals surface area contributed by atoms with E-state index in [1.54, 1.807) is 22.4 Å². The molecule has 6 heteroatoms. The number of thiophene rings is 1. The van der Waals surface area contributed by atoms with Crippen molar-refractivity contribution in [3.8, 4) is 0 Å². The first kappa shape index (κ1) is 16.9. The molecule has 0 spiro atoms. The van der Waals surface area contributed by atoms with E-state index in [9.17, 15) is 4.79 Å². The molecule has 1 amide bonds. The highest BCUT2D eigenvalue weighted by atomic mass is 32.1. The highest BCUT2D eigenvalue weighted by Crippen LogP contribution is 2.18. The molecular formula is C18H23N3O2S. The summed E-state index contributed by atoms with van der Waals surface area (Å²) in [4.78, 5) is 21.1. The van der Waals surface area contributed by atoms with Crippen molar-refractivity contribution in [3.05, 3.63) is 46.4 Å². The minimum absolute atomic E-state index is 0.0344. The van der Waals surface area contributed by atoms with Crippen LogP contribution >= 0.6 is 11.3 Å². The molecule has 2 aromatic rings. The lowest BCUT2D eigenvalue weighted by molar-refractivity contribution is 0.0737. The van der Waals surface area contributed by atoms with E-state index in [-0.39, 0.29) is 11.9 Å². The van der Waals surface area contributed by atoms with Crippen molar-refractivity contribution in [2.24, 2.45) is 0 Å². The number of nitrogens with zero attached hydrogens (tertiary/aromatic N) is 3. The summed E-state index contributed by atoms with van der Waals surface area (Å²) in [5.74, 6) is -0.0344. The summed E-state index contributed by atoms with van der Waals surface area (Å²) >= 11 is 1.68. The second-order valence-corrected chi connectivity index (χ2v) is 6.88. The van der Waals surface area contributed by atoms with Crippen LogP contribution in [0.25, 0.3) is 0 Å². The molecule has 3 heterocycles. The Morgan fingerprint density at radius 2 is 2.21 bits per heavy atom. The number of morpholine rings is 1. The molecule has 0 N–H and O–H groups in total. The Balaban J connectivity index is 1.69. The van der Waals surface area contributed by atoms with Gasteiger partial charge in [-0.2, -0.15) is 11.3 Å². The van der Waals surface area contributed by atoms with Crippen molar-refractivity contribution in [3.63, 3.8) is 0 Å². The van der Waals surface area contributed by atoms with Gasteiger partial charge in [-0.25, -0.2) is 0 Å². The van der Waals surface area contributed by atoms with Crippen molar-refractivity contribution in [2.75, 3.05) is 38.3 Å². The highest BCUT2D eigenvalue weighted by Gasteiger charge is 2.20. The van der Waals surface area contributed by atoms with Crippen molar-refractivity contribution >= 4 is 22.9 Å². The molecule has 0 aliphatic carbocycles. The van der Waals surface area contributed by atoms with E-state index in [4.69, 9.17) is 4.74 Å². The number of aromatic nitrogens is 1. The molecule has 0 aromatic carbocycles. The van der Waals surface area contributed by atoms with Gasteiger partial charge in [-0.3, -0.25) is 9.78 Å². The van der Waals surface area contributed by atoms with E-state index in [2.05, 4.69) is 33.6 Å². The SMILES string of the molecule is C[C@@H](Cc1ccsc1)N(C)C(=O)c1cc(N2CCOCC2)ccn1. The third-order valence-corrected chi connectivity index (χ3v) is 5.16. The van der Waals surface area contributed by atoms with Crippen molar-refractivity contribution in [1.82, 2.24) is 9.88 Å². The summed E-state index contributed by atoms with van der Waals surface area (Å²) in [6, 6.07) is 6.08. The number of hydrogen-bond donors (Lipinski definition) is 0. The summed E-state index contributed by atoms with van der Waals surface area (Å²) < 4.78 is 5.39. The number of ether oxygens (including phenoxy) is 1. The topological polar surface area (TPSA) is 45.7 Å².